The van der Waals surface area contributed by atoms with Crippen LogP contribution in [0.2, 0.25) is 0 Å². The van der Waals surface area contributed by atoms with E-state index in [0.29, 0.717) is 18.4 Å². The second kappa shape index (κ2) is 11.6. The summed E-state index contributed by atoms with van der Waals surface area (Å²) in [6.45, 7) is 2.61. The number of rotatable bonds is 8. The first-order valence-electron chi connectivity index (χ1n) is 10.9. The second-order valence-electron chi connectivity index (χ2n) is 7.67. The zero-order valence-electron chi connectivity index (χ0n) is 18.5. The summed E-state index contributed by atoms with van der Waals surface area (Å²) in [5, 5.41) is 0. The van der Waals surface area contributed by atoms with E-state index in [0.717, 1.165) is 44.2 Å². The van der Waals surface area contributed by atoms with Gasteiger partial charge in [-0.2, -0.15) is 0 Å². The summed E-state index contributed by atoms with van der Waals surface area (Å²) in [6.07, 6.45) is 5.32. The Kier molecular flexibility index (Phi) is 8.64. The van der Waals surface area contributed by atoms with Gasteiger partial charge in [-0.25, -0.2) is 26.3 Å². The standard InChI is InChI=1S/C27H22F6O/c1-2-3-4-5-6-15-34-19-11-9-18(10-12-19)23-26(32)24(30)20(25(31)27(23)33)13-7-17-8-14-21(28)22(29)16-17/h8-12,14,16H,2-6,15H2,1H3. The topological polar surface area (TPSA) is 9.23 Å². The van der Waals surface area contributed by atoms with E-state index >= 15 is 0 Å². The van der Waals surface area contributed by atoms with Crippen LogP contribution >= 0.6 is 0 Å². The molecular weight excluding hydrogens is 454 g/mol. The number of halogens is 6. The number of hydrogen-bond donors (Lipinski definition) is 0. The van der Waals surface area contributed by atoms with Crippen LogP contribution in [0.5, 0.6) is 5.75 Å². The van der Waals surface area contributed by atoms with Crippen molar-refractivity contribution >= 4 is 0 Å². The van der Waals surface area contributed by atoms with Crippen LogP contribution in [0, 0.1) is 46.7 Å². The summed E-state index contributed by atoms with van der Waals surface area (Å²) in [7, 11) is 0. The van der Waals surface area contributed by atoms with Crippen LogP contribution in [0.4, 0.5) is 26.3 Å². The zero-order chi connectivity index (χ0) is 24.7. The van der Waals surface area contributed by atoms with Crippen molar-refractivity contribution in [1.82, 2.24) is 0 Å². The van der Waals surface area contributed by atoms with E-state index in [9.17, 15) is 26.3 Å². The molecule has 0 heterocycles. The maximum atomic E-state index is 14.7. The molecule has 0 aromatic heterocycles. The molecule has 0 atom stereocenters. The van der Waals surface area contributed by atoms with Gasteiger partial charge in [0.15, 0.2) is 34.9 Å². The zero-order valence-corrected chi connectivity index (χ0v) is 18.5. The van der Waals surface area contributed by atoms with Crippen molar-refractivity contribution in [3.05, 3.63) is 88.5 Å². The molecule has 0 fully saturated rings. The first-order valence-corrected chi connectivity index (χ1v) is 10.9. The lowest BCUT2D eigenvalue weighted by atomic mass is 10.0. The summed E-state index contributed by atoms with van der Waals surface area (Å²) in [5.41, 5.74) is -2.22. The third kappa shape index (κ3) is 5.93. The molecule has 0 N–H and O–H groups in total. The molecule has 0 bridgehead atoms. The van der Waals surface area contributed by atoms with Crippen molar-refractivity contribution in [1.29, 1.82) is 0 Å². The average molecular weight is 476 g/mol. The number of ether oxygens (including phenoxy) is 1. The first-order chi connectivity index (χ1) is 16.3. The first kappa shape index (κ1) is 25.2. The van der Waals surface area contributed by atoms with E-state index in [1.807, 2.05) is 5.92 Å². The Morgan fingerprint density at radius 3 is 1.94 bits per heavy atom. The maximum Gasteiger partial charge on any atom is 0.178 e. The Bertz CT molecular complexity index is 1180. The van der Waals surface area contributed by atoms with Gasteiger partial charge in [0.25, 0.3) is 0 Å². The average Bonchev–Trinajstić information content (AvgIpc) is 2.83. The van der Waals surface area contributed by atoms with E-state index in [-0.39, 0.29) is 11.1 Å². The summed E-state index contributed by atoms with van der Waals surface area (Å²) in [4.78, 5) is 0. The van der Waals surface area contributed by atoms with Gasteiger partial charge < -0.3 is 4.74 Å². The highest BCUT2D eigenvalue weighted by Gasteiger charge is 2.25. The van der Waals surface area contributed by atoms with Crippen molar-refractivity contribution in [2.45, 2.75) is 39.0 Å². The number of hydrogen-bond acceptors (Lipinski definition) is 1. The number of unbranched alkanes of at least 4 members (excludes halogenated alkanes) is 4. The lowest BCUT2D eigenvalue weighted by molar-refractivity contribution is 0.304. The molecule has 3 aromatic rings. The molecule has 0 unspecified atom stereocenters. The van der Waals surface area contributed by atoms with Crippen LogP contribution < -0.4 is 4.74 Å². The molecule has 0 spiro atoms. The predicted molar refractivity (Wildman–Crippen MR) is 118 cm³/mol. The molecule has 34 heavy (non-hydrogen) atoms. The molecule has 3 rings (SSSR count). The van der Waals surface area contributed by atoms with Crippen molar-refractivity contribution in [3.63, 3.8) is 0 Å². The summed E-state index contributed by atoms with van der Waals surface area (Å²) in [5.74, 6) is -4.33. The molecule has 178 valence electrons. The molecule has 7 heteroatoms. The fourth-order valence-corrected chi connectivity index (χ4v) is 3.32. The summed E-state index contributed by atoms with van der Waals surface area (Å²) >= 11 is 0. The van der Waals surface area contributed by atoms with Crippen LogP contribution in [-0.4, -0.2) is 6.61 Å². The monoisotopic (exact) mass is 476 g/mol. The maximum absolute atomic E-state index is 14.7. The summed E-state index contributed by atoms with van der Waals surface area (Å²) < 4.78 is 90.4. The van der Waals surface area contributed by atoms with Crippen LogP contribution in [0.3, 0.4) is 0 Å². The summed E-state index contributed by atoms with van der Waals surface area (Å²) in [6, 6.07) is 8.08. The number of benzene rings is 3. The minimum absolute atomic E-state index is 0.0804. The van der Waals surface area contributed by atoms with E-state index in [1.165, 1.54) is 24.3 Å². The molecule has 0 aliphatic carbocycles. The Balaban J connectivity index is 1.81. The fraction of sp³-hybridized carbons (Fsp3) is 0.259. The van der Waals surface area contributed by atoms with Crippen LogP contribution in [0.1, 0.15) is 50.2 Å². The van der Waals surface area contributed by atoms with Crippen LogP contribution in [0.15, 0.2) is 42.5 Å². The van der Waals surface area contributed by atoms with Crippen LogP contribution in [-0.2, 0) is 0 Å². The van der Waals surface area contributed by atoms with E-state index < -0.39 is 46.0 Å². The lowest BCUT2D eigenvalue weighted by Gasteiger charge is -2.11. The molecule has 0 aliphatic rings. The SMILES string of the molecule is CCCCCCCOc1ccc(-c2c(F)c(F)c(C#Cc3ccc(F)c(F)c3)c(F)c2F)cc1. The van der Waals surface area contributed by atoms with Crippen molar-refractivity contribution in [2.75, 3.05) is 6.61 Å². The highest BCUT2D eigenvalue weighted by atomic mass is 19.2. The molecule has 1 nitrogen and oxygen atoms in total. The van der Waals surface area contributed by atoms with Gasteiger partial charge in [0.2, 0.25) is 0 Å². The predicted octanol–water partition coefficient (Wildman–Crippen LogP) is 7.94. The third-order valence-electron chi connectivity index (χ3n) is 5.17. The van der Waals surface area contributed by atoms with E-state index in [4.69, 9.17) is 4.74 Å². The molecular formula is C27H22F6O. The molecule has 0 aliphatic heterocycles. The Morgan fingerprint density at radius 1 is 0.676 bits per heavy atom. The smallest absolute Gasteiger partial charge is 0.178 e. The van der Waals surface area contributed by atoms with Gasteiger partial charge in [-0.3, -0.25) is 0 Å². The van der Waals surface area contributed by atoms with Crippen molar-refractivity contribution in [2.24, 2.45) is 0 Å². The molecule has 3 aromatic carbocycles. The highest BCUT2D eigenvalue weighted by Crippen LogP contribution is 2.33. The quantitative estimate of drug-likeness (QED) is 0.139. The van der Waals surface area contributed by atoms with Gasteiger partial charge in [0.05, 0.1) is 12.2 Å². The minimum Gasteiger partial charge on any atom is -0.494 e. The minimum atomic E-state index is -1.68. The van der Waals surface area contributed by atoms with Gasteiger partial charge in [0, 0.05) is 5.56 Å². The van der Waals surface area contributed by atoms with Gasteiger partial charge in [-0.1, -0.05) is 56.6 Å². The van der Waals surface area contributed by atoms with Gasteiger partial charge in [-0.15, -0.1) is 0 Å². The highest BCUT2D eigenvalue weighted by molar-refractivity contribution is 5.67. The van der Waals surface area contributed by atoms with Crippen molar-refractivity contribution in [3.8, 4) is 28.7 Å². The molecule has 0 saturated carbocycles. The molecule has 0 radical (unpaired) electrons. The second-order valence-corrected chi connectivity index (χ2v) is 7.67. The molecule has 0 saturated heterocycles. The van der Waals surface area contributed by atoms with Crippen LogP contribution in [0.25, 0.3) is 11.1 Å². The van der Waals surface area contributed by atoms with Gasteiger partial charge >= 0.3 is 0 Å². The largest absolute Gasteiger partial charge is 0.494 e. The van der Waals surface area contributed by atoms with Crippen molar-refractivity contribution < 1.29 is 31.1 Å². The van der Waals surface area contributed by atoms with Gasteiger partial charge in [-0.05, 0) is 42.3 Å². The van der Waals surface area contributed by atoms with E-state index in [1.54, 1.807) is 0 Å². The Labute approximate surface area is 194 Å². The fourth-order valence-electron chi connectivity index (χ4n) is 3.32. The van der Waals surface area contributed by atoms with E-state index in [2.05, 4.69) is 12.8 Å². The Morgan fingerprint density at radius 2 is 1.32 bits per heavy atom. The third-order valence-corrected chi connectivity index (χ3v) is 5.17. The normalized spacial score (nSPS) is 10.7. The van der Waals surface area contributed by atoms with Gasteiger partial charge in [0.1, 0.15) is 11.3 Å². The molecule has 0 amide bonds. The Hall–Kier alpha value is -3.40. The lowest BCUT2D eigenvalue weighted by Crippen LogP contribution is -2.04.